The van der Waals surface area contributed by atoms with Crippen molar-refractivity contribution in [1.29, 1.82) is 0 Å². The fourth-order valence-corrected chi connectivity index (χ4v) is 12.0. The fraction of sp³-hybridized carbons (Fsp3) is 0.540. The molecule has 0 aromatic heterocycles. The van der Waals surface area contributed by atoms with E-state index in [0.717, 1.165) is 87.8 Å². The second-order valence-electron chi connectivity index (χ2n) is 18.9. The molecule has 2 heterocycles. The van der Waals surface area contributed by atoms with E-state index >= 15 is 0 Å². The van der Waals surface area contributed by atoms with Gasteiger partial charge in [-0.15, -0.1) is 24.9 Å². The molecule has 11 nitrogen and oxygen atoms in total. The van der Waals surface area contributed by atoms with Gasteiger partial charge in [-0.2, -0.15) is 13.2 Å². The molecule has 3 aromatic rings. The zero-order chi connectivity index (χ0) is 50.6. The van der Waals surface area contributed by atoms with Gasteiger partial charge in [-0.3, -0.25) is 14.6 Å². The quantitative estimate of drug-likeness (QED) is 0.0639. The van der Waals surface area contributed by atoms with Crippen LogP contribution in [0, 0.1) is 5.41 Å². The summed E-state index contributed by atoms with van der Waals surface area (Å²) in [4.78, 5) is 21.3. The number of nitrogens with zero attached hydrogens (tertiary/aromatic N) is 4. The van der Waals surface area contributed by atoms with E-state index in [1.807, 2.05) is 35.1 Å². The molecule has 0 bridgehead atoms. The number of hydrogen-bond donors (Lipinski definition) is 2. The van der Waals surface area contributed by atoms with Crippen molar-refractivity contribution < 1.29 is 43.6 Å². The number of sulfone groups is 1. The van der Waals surface area contributed by atoms with E-state index in [2.05, 4.69) is 65.8 Å². The van der Waals surface area contributed by atoms with Crippen LogP contribution in [0.5, 0.6) is 0 Å². The summed E-state index contributed by atoms with van der Waals surface area (Å²) in [6.07, 6.45) is 2.18. The third-order valence-electron chi connectivity index (χ3n) is 13.0. The molecule has 3 aromatic carbocycles. The highest BCUT2D eigenvalue weighted by molar-refractivity contribution is 7.99. The number of amides is 1. The Balaban J connectivity index is 0.00000438. The Bertz CT molecular complexity index is 2390. The Morgan fingerprint density at radius 1 is 0.826 bits per heavy atom. The molecule has 0 saturated carbocycles. The number of benzene rings is 3. The number of hydrogen-bond acceptors (Lipinski definition) is 11. The highest BCUT2D eigenvalue weighted by atomic mass is 32.2. The van der Waals surface area contributed by atoms with Crippen molar-refractivity contribution >= 4 is 48.9 Å². The van der Waals surface area contributed by atoms with Gasteiger partial charge in [0.15, 0.2) is 0 Å². The summed E-state index contributed by atoms with van der Waals surface area (Å²) in [5, 5.41) is 3.03. The lowest BCUT2D eigenvalue weighted by molar-refractivity contribution is -0.0436. The van der Waals surface area contributed by atoms with Gasteiger partial charge < -0.3 is 15.1 Å². The molecule has 3 aliphatic rings. The smallest absolute Gasteiger partial charge is 0.380 e. The summed E-state index contributed by atoms with van der Waals surface area (Å²) in [5.74, 6) is -0.668. The van der Waals surface area contributed by atoms with Crippen LogP contribution >= 0.6 is 11.8 Å². The first-order valence-corrected chi connectivity index (χ1v) is 27.5. The van der Waals surface area contributed by atoms with Gasteiger partial charge in [0.2, 0.25) is 6.43 Å². The third-order valence-corrected chi connectivity index (χ3v) is 17.1. The van der Waals surface area contributed by atoms with Crippen LogP contribution in [0.15, 0.2) is 112 Å². The number of carbonyl (C=O) groups excluding carboxylic acids is 1. The molecule has 1 amide bonds. The van der Waals surface area contributed by atoms with Crippen LogP contribution < -0.4 is 14.9 Å². The lowest BCUT2D eigenvalue weighted by atomic mass is 9.73. The van der Waals surface area contributed by atoms with Gasteiger partial charge in [-0.25, -0.2) is 30.3 Å². The summed E-state index contributed by atoms with van der Waals surface area (Å²) in [7, 11) is -10.9. The highest BCUT2D eigenvalue weighted by Gasteiger charge is 2.48. The molecular weight excluding hydrogens is 956 g/mol. The number of piperazine rings is 2. The minimum atomic E-state index is -6.07. The van der Waals surface area contributed by atoms with E-state index in [9.17, 15) is 43.6 Å². The number of rotatable bonds is 20. The van der Waals surface area contributed by atoms with Crippen molar-refractivity contribution in [3.8, 4) is 0 Å². The predicted molar refractivity (Wildman–Crippen MR) is 268 cm³/mol. The standard InChI is InChI=1S/C48H65F5N6O5S3.C2H4/c1-35(2)58-27-23-56(24-28-58)22-20-39(34-65-41-10-6-5-7-11-41)54-43-18-17-42(31-44(43)66(61,62)48(51,52)53)67(63,64)55-46(60)36-13-15-40(16-14-36)59-29-25-57(26-30-59)33-38-19-21-47(3,4)32-37(38)9-8-12-45(49)50;1-2/h5-7,10-11,13-18,31,35,39,45,54H,8-9,12,19-30,32-34H2,1-4H3,(H,55,60);1-2H2. The number of halogens is 5. The topological polar surface area (TPSA) is 122 Å². The van der Waals surface area contributed by atoms with Gasteiger partial charge in [-0.05, 0) is 112 Å². The van der Waals surface area contributed by atoms with Gasteiger partial charge in [0.1, 0.15) is 4.90 Å². The van der Waals surface area contributed by atoms with Crippen LogP contribution in [-0.2, 0) is 19.9 Å². The fourth-order valence-electron chi connectivity index (χ4n) is 8.99. The number of nitrogens with one attached hydrogen (secondary N) is 2. The Morgan fingerprint density at radius 3 is 2.07 bits per heavy atom. The first-order chi connectivity index (χ1) is 32.6. The summed E-state index contributed by atoms with van der Waals surface area (Å²) in [6, 6.07) is 18.0. The minimum absolute atomic E-state index is 0.0247. The molecule has 2 saturated heterocycles. The number of thioether (sulfide) groups is 1. The molecular formula is C50H69F5N6O5S3. The van der Waals surface area contributed by atoms with Gasteiger partial charge >= 0.3 is 5.51 Å². The van der Waals surface area contributed by atoms with Gasteiger partial charge in [0.05, 0.1) is 10.6 Å². The summed E-state index contributed by atoms with van der Waals surface area (Å²) in [5.41, 5.74) is -2.54. The van der Waals surface area contributed by atoms with Crippen molar-refractivity contribution in [3.05, 3.63) is 103 Å². The lowest BCUT2D eigenvalue weighted by Crippen LogP contribution is -2.49. The highest BCUT2D eigenvalue weighted by Crippen LogP contribution is 2.41. The van der Waals surface area contributed by atoms with Crippen LogP contribution in [0.2, 0.25) is 0 Å². The molecule has 382 valence electrons. The predicted octanol–water partition coefficient (Wildman–Crippen LogP) is 9.95. The molecule has 6 rings (SSSR count). The molecule has 69 heavy (non-hydrogen) atoms. The Labute approximate surface area is 410 Å². The maximum atomic E-state index is 14.2. The van der Waals surface area contributed by atoms with E-state index in [-0.39, 0.29) is 17.4 Å². The molecule has 1 aliphatic carbocycles. The molecule has 0 spiro atoms. The Hall–Kier alpha value is -4.01. The van der Waals surface area contributed by atoms with Crippen LogP contribution in [0.1, 0.15) is 83.0 Å². The molecule has 1 atom stereocenters. The van der Waals surface area contributed by atoms with Crippen molar-refractivity contribution in [2.45, 2.75) is 111 Å². The van der Waals surface area contributed by atoms with E-state index in [0.29, 0.717) is 56.8 Å². The average molecular weight is 1030 g/mol. The molecule has 2 fully saturated rings. The summed E-state index contributed by atoms with van der Waals surface area (Å²) < 4.78 is 124. The number of sulfonamides is 1. The normalized spacial score (nSPS) is 18.2. The van der Waals surface area contributed by atoms with E-state index in [4.69, 9.17) is 0 Å². The number of anilines is 2. The average Bonchev–Trinajstić information content (AvgIpc) is 3.31. The van der Waals surface area contributed by atoms with Crippen molar-refractivity contribution in [2.24, 2.45) is 5.41 Å². The van der Waals surface area contributed by atoms with Gasteiger partial charge in [0.25, 0.3) is 25.8 Å². The number of allylic oxidation sites excluding steroid dienone is 1. The molecule has 1 unspecified atom stereocenters. The van der Waals surface area contributed by atoms with Crippen molar-refractivity contribution in [3.63, 3.8) is 0 Å². The van der Waals surface area contributed by atoms with Crippen LogP contribution in [0.4, 0.5) is 33.3 Å². The molecule has 0 radical (unpaired) electrons. The monoisotopic (exact) mass is 1020 g/mol. The van der Waals surface area contributed by atoms with Gasteiger partial charge in [-0.1, -0.05) is 43.2 Å². The minimum Gasteiger partial charge on any atom is -0.380 e. The number of carbonyl (C=O) groups is 1. The summed E-state index contributed by atoms with van der Waals surface area (Å²) >= 11 is 1.46. The zero-order valence-corrected chi connectivity index (χ0v) is 42.7. The van der Waals surface area contributed by atoms with Crippen molar-refractivity contribution in [2.75, 3.05) is 81.4 Å². The number of alkyl halides is 5. The third kappa shape index (κ3) is 16.0. The molecule has 19 heteroatoms. The van der Waals surface area contributed by atoms with Crippen molar-refractivity contribution in [1.82, 2.24) is 19.4 Å². The van der Waals surface area contributed by atoms with E-state index in [1.54, 1.807) is 12.1 Å². The van der Waals surface area contributed by atoms with Crippen LogP contribution in [0.3, 0.4) is 0 Å². The zero-order valence-electron chi connectivity index (χ0n) is 40.2. The lowest BCUT2D eigenvalue weighted by Gasteiger charge is -2.39. The first kappa shape index (κ1) is 55.9. The van der Waals surface area contributed by atoms with Crippen LogP contribution in [-0.4, -0.2) is 133 Å². The summed E-state index contributed by atoms with van der Waals surface area (Å²) in [6.45, 7) is 22.4. The first-order valence-electron chi connectivity index (χ1n) is 23.6. The van der Waals surface area contributed by atoms with Gasteiger partial charge in [0, 0.05) is 106 Å². The van der Waals surface area contributed by atoms with Crippen LogP contribution in [0.25, 0.3) is 0 Å². The maximum absolute atomic E-state index is 14.2. The Kier molecular flexibility index (Phi) is 20.2. The maximum Gasteiger partial charge on any atom is 0.501 e. The molecule has 2 N–H and O–H groups in total. The second kappa shape index (κ2) is 24.9. The SMILES string of the molecule is C=C.CC(C)N1CCN(CCC(CSc2ccccc2)Nc2ccc(S(=O)(=O)NC(=O)c3ccc(N4CCN(CC5=C(CCCC(F)F)CC(C)(C)CC5)CC4)cc3)cc2S(=O)(=O)C(F)(F)F)CC1. The Morgan fingerprint density at radius 2 is 1.46 bits per heavy atom. The largest absolute Gasteiger partial charge is 0.501 e. The van der Waals surface area contributed by atoms with E-state index < -0.39 is 59.2 Å². The second-order valence-corrected chi connectivity index (χ2v) is 23.6. The molecule has 2 aliphatic heterocycles. The van der Waals surface area contributed by atoms with E-state index in [1.165, 1.54) is 35.0 Å².